The molecule has 1 aromatic carbocycles. The zero-order valence-corrected chi connectivity index (χ0v) is 13.4. The van der Waals surface area contributed by atoms with E-state index >= 15 is 0 Å². The number of halogens is 4. The van der Waals surface area contributed by atoms with Gasteiger partial charge in [0.15, 0.2) is 11.6 Å². The van der Waals surface area contributed by atoms with Gasteiger partial charge in [-0.1, -0.05) is 15.9 Å². The van der Waals surface area contributed by atoms with E-state index in [1.54, 1.807) is 0 Å². The predicted molar refractivity (Wildman–Crippen MR) is 78.0 cm³/mol. The monoisotopic (exact) mass is 407 g/mol. The molecular formula is C12H9Br2F2N3O. The molecule has 0 bridgehead atoms. The molecule has 0 atom stereocenters. The minimum atomic E-state index is -1.08. The lowest BCUT2D eigenvalue weighted by Gasteiger charge is -2.11. The maximum absolute atomic E-state index is 13.7. The van der Waals surface area contributed by atoms with Crippen molar-refractivity contribution in [3.63, 3.8) is 0 Å². The standard InChI is InChI=1S/C12H9Br2F2N3O/c1-2-17-11-9(14)12(19-5-18-11)20-8-4-6(13)3-7(15)10(8)16/h3-5H,2H2,1H3,(H,17,18,19). The highest BCUT2D eigenvalue weighted by molar-refractivity contribution is 9.11. The quantitative estimate of drug-likeness (QED) is 0.756. The van der Waals surface area contributed by atoms with E-state index in [1.807, 2.05) is 6.92 Å². The summed E-state index contributed by atoms with van der Waals surface area (Å²) >= 11 is 6.34. The first-order valence-corrected chi connectivity index (χ1v) is 7.18. The Kier molecular flexibility index (Phi) is 4.87. The number of benzene rings is 1. The third-order valence-electron chi connectivity index (χ3n) is 2.27. The molecule has 0 unspecified atom stereocenters. The Hall–Kier alpha value is -1.28. The first-order valence-electron chi connectivity index (χ1n) is 5.59. The molecule has 0 saturated heterocycles. The molecule has 20 heavy (non-hydrogen) atoms. The fourth-order valence-electron chi connectivity index (χ4n) is 1.43. The molecule has 0 spiro atoms. The van der Waals surface area contributed by atoms with Crippen LogP contribution in [0.25, 0.3) is 0 Å². The Morgan fingerprint density at radius 2 is 2.00 bits per heavy atom. The van der Waals surface area contributed by atoms with E-state index in [-0.39, 0.29) is 11.6 Å². The Morgan fingerprint density at radius 3 is 2.70 bits per heavy atom. The summed E-state index contributed by atoms with van der Waals surface area (Å²) < 4.78 is 33.1. The van der Waals surface area contributed by atoms with Gasteiger partial charge in [0.25, 0.3) is 0 Å². The highest BCUT2D eigenvalue weighted by atomic mass is 79.9. The molecule has 0 aliphatic heterocycles. The summed E-state index contributed by atoms with van der Waals surface area (Å²) in [6.07, 6.45) is 1.27. The maximum Gasteiger partial charge on any atom is 0.239 e. The van der Waals surface area contributed by atoms with E-state index < -0.39 is 11.6 Å². The predicted octanol–water partition coefficient (Wildman–Crippen LogP) is 4.50. The number of nitrogens with zero attached hydrogens (tertiary/aromatic N) is 2. The Bertz CT molecular complexity index is 640. The Morgan fingerprint density at radius 1 is 1.25 bits per heavy atom. The largest absolute Gasteiger partial charge is 0.434 e. The van der Waals surface area contributed by atoms with Crippen molar-refractivity contribution in [2.75, 3.05) is 11.9 Å². The first kappa shape index (κ1) is 15.1. The average Bonchev–Trinajstić information content (AvgIpc) is 2.40. The zero-order valence-electron chi connectivity index (χ0n) is 10.3. The van der Waals surface area contributed by atoms with Gasteiger partial charge in [-0.2, -0.15) is 4.39 Å². The third-order valence-corrected chi connectivity index (χ3v) is 3.44. The molecule has 0 fully saturated rings. The van der Waals surface area contributed by atoms with Crippen molar-refractivity contribution in [3.8, 4) is 11.6 Å². The smallest absolute Gasteiger partial charge is 0.239 e. The van der Waals surface area contributed by atoms with E-state index in [0.29, 0.717) is 21.3 Å². The molecule has 0 radical (unpaired) electrons. The lowest BCUT2D eigenvalue weighted by atomic mass is 10.3. The topological polar surface area (TPSA) is 47.0 Å². The summed E-state index contributed by atoms with van der Waals surface area (Å²) in [4.78, 5) is 7.89. The highest BCUT2D eigenvalue weighted by Crippen LogP contribution is 2.34. The van der Waals surface area contributed by atoms with Gasteiger partial charge >= 0.3 is 0 Å². The average molecular weight is 409 g/mol. The summed E-state index contributed by atoms with van der Waals surface area (Å²) in [6.45, 7) is 2.55. The van der Waals surface area contributed by atoms with Crippen molar-refractivity contribution in [2.45, 2.75) is 6.92 Å². The number of nitrogens with one attached hydrogen (secondary N) is 1. The summed E-state index contributed by atoms with van der Waals surface area (Å²) in [6, 6.07) is 2.33. The highest BCUT2D eigenvalue weighted by Gasteiger charge is 2.16. The summed E-state index contributed by atoms with van der Waals surface area (Å²) in [7, 11) is 0. The lowest BCUT2D eigenvalue weighted by Crippen LogP contribution is -2.02. The molecule has 106 valence electrons. The molecule has 1 aromatic heterocycles. The summed E-state index contributed by atoms with van der Waals surface area (Å²) in [5, 5.41) is 2.98. The molecule has 2 rings (SSSR count). The minimum Gasteiger partial charge on any atom is -0.434 e. The van der Waals surface area contributed by atoms with Crippen molar-refractivity contribution >= 4 is 37.7 Å². The normalized spacial score (nSPS) is 10.4. The van der Waals surface area contributed by atoms with Crippen molar-refractivity contribution in [2.24, 2.45) is 0 Å². The van der Waals surface area contributed by atoms with Crippen LogP contribution in [-0.2, 0) is 0 Å². The van der Waals surface area contributed by atoms with Gasteiger partial charge in [-0.25, -0.2) is 14.4 Å². The SMILES string of the molecule is CCNc1ncnc(Oc2cc(Br)cc(F)c2F)c1Br. The number of anilines is 1. The number of aromatic nitrogens is 2. The summed E-state index contributed by atoms with van der Waals surface area (Å²) in [5.41, 5.74) is 0. The number of ether oxygens (including phenoxy) is 1. The van der Waals surface area contributed by atoms with Crippen LogP contribution in [0, 0.1) is 11.6 Å². The molecule has 0 saturated carbocycles. The van der Waals surface area contributed by atoms with E-state index in [9.17, 15) is 8.78 Å². The second-order valence-corrected chi connectivity index (χ2v) is 5.38. The second-order valence-electron chi connectivity index (χ2n) is 3.67. The van der Waals surface area contributed by atoms with E-state index in [2.05, 4.69) is 47.1 Å². The molecule has 0 amide bonds. The van der Waals surface area contributed by atoms with Gasteiger partial charge in [-0.05, 0) is 35.0 Å². The number of hydrogen-bond donors (Lipinski definition) is 1. The van der Waals surface area contributed by atoms with Gasteiger partial charge in [-0.15, -0.1) is 0 Å². The van der Waals surface area contributed by atoms with Crippen LogP contribution < -0.4 is 10.1 Å². The first-order chi connectivity index (χ1) is 9.52. The molecular weight excluding hydrogens is 400 g/mol. The van der Waals surface area contributed by atoms with Crippen molar-refractivity contribution in [3.05, 3.63) is 39.0 Å². The van der Waals surface area contributed by atoms with E-state index in [4.69, 9.17) is 4.74 Å². The molecule has 2 aromatic rings. The fourth-order valence-corrected chi connectivity index (χ4v) is 2.26. The molecule has 8 heteroatoms. The second kappa shape index (κ2) is 6.45. The molecule has 1 N–H and O–H groups in total. The van der Waals surface area contributed by atoms with Crippen LogP contribution in [0.1, 0.15) is 6.92 Å². The van der Waals surface area contributed by atoms with Crippen LogP contribution in [0.2, 0.25) is 0 Å². The fraction of sp³-hybridized carbons (Fsp3) is 0.167. The maximum atomic E-state index is 13.7. The number of hydrogen-bond acceptors (Lipinski definition) is 4. The molecule has 0 aliphatic carbocycles. The lowest BCUT2D eigenvalue weighted by molar-refractivity contribution is 0.402. The van der Waals surface area contributed by atoms with Crippen molar-refractivity contribution in [1.29, 1.82) is 0 Å². The van der Waals surface area contributed by atoms with Gasteiger partial charge in [0, 0.05) is 11.0 Å². The summed E-state index contributed by atoms with van der Waals surface area (Å²) in [5.74, 6) is -1.75. The Balaban J connectivity index is 2.38. The number of rotatable bonds is 4. The molecule has 0 aliphatic rings. The minimum absolute atomic E-state index is 0.0901. The molecule has 1 heterocycles. The van der Waals surface area contributed by atoms with Crippen molar-refractivity contribution in [1.82, 2.24) is 9.97 Å². The third kappa shape index (κ3) is 3.24. The van der Waals surface area contributed by atoms with Crippen LogP contribution in [0.5, 0.6) is 11.6 Å². The van der Waals surface area contributed by atoms with Crippen LogP contribution in [0.15, 0.2) is 27.4 Å². The van der Waals surface area contributed by atoms with E-state index in [1.165, 1.54) is 12.4 Å². The van der Waals surface area contributed by atoms with Crippen molar-refractivity contribution < 1.29 is 13.5 Å². The van der Waals surface area contributed by atoms with Gasteiger partial charge in [-0.3, -0.25) is 0 Å². The van der Waals surface area contributed by atoms with Gasteiger partial charge < -0.3 is 10.1 Å². The van der Waals surface area contributed by atoms with Gasteiger partial charge in [0.1, 0.15) is 16.6 Å². The van der Waals surface area contributed by atoms with Crippen LogP contribution in [0.4, 0.5) is 14.6 Å². The Labute approximate surface area is 130 Å². The van der Waals surface area contributed by atoms with Crippen LogP contribution >= 0.6 is 31.9 Å². The zero-order chi connectivity index (χ0) is 14.7. The van der Waals surface area contributed by atoms with Gasteiger partial charge in [0.05, 0.1) is 0 Å². The van der Waals surface area contributed by atoms with Crippen LogP contribution in [-0.4, -0.2) is 16.5 Å². The molecule has 4 nitrogen and oxygen atoms in total. The van der Waals surface area contributed by atoms with Gasteiger partial charge in [0.2, 0.25) is 11.7 Å². The van der Waals surface area contributed by atoms with E-state index in [0.717, 1.165) is 6.07 Å². The van der Waals surface area contributed by atoms with Crippen LogP contribution in [0.3, 0.4) is 0 Å².